The number of benzene rings is 2. The number of carbonyl (C=O) groups excluding carboxylic acids is 1. The number of sulfone groups is 1. The van der Waals surface area contributed by atoms with Gasteiger partial charge in [-0.2, -0.15) is 0 Å². The van der Waals surface area contributed by atoms with E-state index in [9.17, 15) is 13.2 Å². The number of nitrogens with zero attached hydrogens (tertiary/aromatic N) is 3. The Labute approximate surface area is 186 Å². The average molecular weight is 466 g/mol. The van der Waals surface area contributed by atoms with Crippen LogP contribution in [0.3, 0.4) is 0 Å². The van der Waals surface area contributed by atoms with E-state index in [4.69, 9.17) is 11.6 Å². The van der Waals surface area contributed by atoms with Crippen LogP contribution in [0.1, 0.15) is 12.8 Å². The van der Waals surface area contributed by atoms with Gasteiger partial charge in [-0.15, -0.1) is 0 Å². The fourth-order valence-corrected chi connectivity index (χ4v) is 5.33. The van der Waals surface area contributed by atoms with Crippen LogP contribution < -0.4 is 4.90 Å². The first-order chi connectivity index (χ1) is 14.3. The van der Waals surface area contributed by atoms with Crippen LogP contribution in [-0.2, 0) is 14.6 Å². The van der Waals surface area contributed by atoms with Crippen LogP contribution in [0, 0.1) is 0 Å². The van der Waals surface area contributed by atoms with Crippen molar-refractivity contribution in [1.82, 2.24) is 9.88 Å². The number of fused-ring (bicyclic) bond motifs is 1. The zero-order valence-electron chi connectivity index (χ0n) is 16.9. The van der Waals surface area contributed by atoms with Crippen molar-refractivity contribution in [3.05, 3.63) is 53.6 Å². The summed E-state index contributed by atoms with van der Waals surface area (Å²) in [6.07, 6.45) is 0.654. The topological polar surface area (TPSA) is 70.6 Å². The van der Waals surface area contributed by atoms with Crippen molar-refractivity contribution in [1.29, 1.82) is 0 Å². The van der Waals surface area contributed by atoms with Gasteiger partial charge in [-0.1, -0.05) is 35.1 Å². The summed E-state index contributed by atoms with van der Waals surface area (Å²) < 4.78 is 26.2. The van der Waals surface area contributed by atoms with Gasteiger partial charge in [-0.3, -0.25) is 9.69 Å². The highest BCUT2D eigenvalue weighted by molar-refractivity contribution is 7.91. The van der Waals surface area contributed by atoms with Crippen molar-refractivity contribution >= 4 is 54.0 Å². The second-order valence-corrected chi connectivity index (χ2v) is 10.7. The third-order valence-electron chi connectivity index (χ3n) is 4.56. The summed E-state index contributed by atoms with van der Waals surface area (Å²) >= 11 is 7.28. The van der Waals surface area contributed by atoms with Crippen molar-refractivity contribution in [2.75, 3.05) is 37.8 Å². The van der Waals surface area contributed by atoms with E-state index in [-0.39, 0.29) is 23.0 Å². The molecule has 0 saturated heterocycles. The summed E-state index contributed by atoms with van der Waals surface area (Å²) in [5.74, 6) is -0.506. The summed E-state index contributed by atoms with van der Waals surface area (Å²) in [5, 5.41) is 1.07. The molecular weight excluding hydrogens is 442 g/mol. The smallest absolute Gasteiger partial charge is 0.229 e. The molecule has 6 nitrogen and oxygen atoms in total. The van der Waals surface area contributed by atoms with Gasteiger partial charge in [0.05, 0.1) is 20.9 Å². The second kappa shape index (κ2) is 9.87. The molecule has 1 amide bonds. The third kappa shape index (κ3) is 5.78. The van der Waals surface area contributed by atoms with Crippen molar-refractivity contribution in [2.45, 2.75) is 17.7 Å². The largest absolute Gasteiger partial charge is 0.309 e. The Hall–Kier alpha value is -2.00. The first-order valence-electron chi connectivity index (χ1n) is 9.55. The SMILES string of the molecule is CN(C)CCCN(C(=O)CCS(=O)(=O)c1ccc(Cl)cc1)c1nc2ccccc2s1. The highest BCUT2D eigenvalue weighted by Crippen LogP contribution is 2.29. The fourth-order valence-electron chi connectivity index (χ4n) is 2.96. The summed E-state index contributed by atoms with van der Waals surface area (Å²) in [6, 6.07) is 13.7. The zero-order valence-corrected chi connectivity index (χ0v) is 19.3. The molecule has 0 radical (unpaired) electrons. The van der Waals surface area contributed by atoms with E-state index in [2.05, 4.69) is 4.98 Å². The Kier molecular flexibility index (Phi) is 7.46. The van der Waals surface area contributed by atoms with Gasteiger partial charge in [-0.05, 0) is 63.5 Å². The standard InChI is InChI=1S/C21H24ClN3O3S2/c1-24(2)13-5-14-25(21-23-18-6-3-4-7-19(18)29-21)20(26)12-15-30(27,28)17-10-8-16(22)9-11-17/h3-4,6-11H,5,12-15H2,1-2H3. The van der Waals surface area contributed by atoms with Gasteiger partial charge in [-0.25, -0.2) is 13.4 Å². The summed E-state index contributed by atoms with van der Waals surface area (Å²) in [6.45, 7) is 1.30. The minimum Gasteiger partial charge on any atom is -0.309 e. The second-order valence-electron chi connectivity index (χ2n) is 7.19. The van der Waals surface area contributed by atoms with Gasteiger partial charge in [0.2, 0.25) is 5.91 Å². The predicted molar refractivity (Wildman–Crippen MR) is 123 cm³/mol. The number of hydrogen-bond acceptors (Lipinski definition) is 6. The maximum Gasteiger partial charge on any atom is 0.229 e. The molecule has 0 spiro atoms. The van der Waals surface area contributed by atoms with Gasteiger partial charge in [0.25, 0.3) is 0 Å². The average Bonchev–Trinajstić information content (AvgIpc) is 3.13. The lowest BCUT2D eigenvalue weighted by Crippen LogP contribution is -2.34. The van der Waals surface area contributed by atoms with Gasteiger partial charge in [0.1, 0.15) is 0 Å². The van der Waals surface area contributed by atoms with Crippen LogP contribution in [0.2, 0.25) is 5.02 Å². The van der Waals surface area contributed by atoms with Crippen molar-refractivity contribution in [3.8, 4) is 0 Å². The quantitative estimate of drug-likeness (QED) is 0.475. The van der Waals surface area contributed by atoms with Crippen molar-refractivity contribution < 1.29 is 13.2 Å². The van der Waals surface area contributed by atoms with Crippen molar-refractivity contribution in [3.63, 3.8) is 0 Å². The number of aromatic nitrogens is 1. The minimum absolute atomic E-state index is 0.108. The monoisotopic (exact) mass is 465 g/mol. The fraction of sp³-hybridized carbons (Fsp3) is 0.333. The molecule has 1 aromatic heterocycles. The molecule has 0 bridgehead atoms. The Morgan fingerprint density at radius 2 is 1.77 bits per heavy atom. The molecular formula is C21H24ClN3O3S2. The van der Waals surface area contributed by atoms with Crippen LogP contribution >= 0.6 is 22.9 Å². The molecule has 30 heavy (non-hydrogen) atoms. The summed E-state index contributed by atoms with van der Waals surface area (Å²) in [7, 11) is 0.372. The third-order valence-corrected chi connectivity index (χ3v) is 7.60. The number of thiazole rings is 1. The van der Waals surface area contributed by atoms with Gasteiger partial charge in [0.15, 0.2) is 15.0 Å². The van der Waals surface area contributed by atoms with Gasteiger partial charge >= 0.3 is 0 Å². The Bertz CT molecular complexity index is 1080. The van der Waals surface area contributed by atoms with E-state index in [1.54, 1.807) is 4.90 Å². The first kappa shape index (κ1) is 22.7. The number of hydrogen-bond donors (Lipinski definition) is 0. The zero-order chi connectivity index (χ0) is 21.7. The van der Waals surface area contributed by atoms with Gasteiger partial charge in [0, 0.05) is 18.0 Å². The van der Waals surface area contributed by atoms with E-state index in [1.165, 1.54) is 35.6 Å². The Balaban J connectivity index is 1.76. The number of anilines is 1. The lowest BCUT2D eigenvalue weighted by atomic mass is 10.3. The molecule has 3 rings (SSSR count). The molecule has 160 valence electrons. The molecule has 2 aromatic carbocycles. The van der Waals surface area contributed by atoms with Gasteiger partial charge < -0.3 is 4.90 Å². The van der Waals surface area contributed by atoms with Crippen LogP contribution in [0.4, 0.5) is 5.13 Å². The van der Waals surface area contributed by atoms with Crippen LogP contribution in [0.5, 0.6) is 0 Å². The van der Waals surface area contributed by atoms with E-state index in [1.807, 2.05) is 43.3 Å². The number of carbonyl (C=O) groups is 1. The molecule has 0 N–H and O–H groups in total. The highest BCUT2D eigenvalue weighted by Gasteiger charge is 2.23. The molecule has 0 fully saturated rings. The molecule has 0 atom stereocenters. The van der Waals surface area contributed by atoms with E-state index in [0.29, 0.717) is 16.7 Å². The summed E-state index contributed by atoms with van der Waals surface area (Å²) in [4.78, 5) is 21.4. The molecule has 0 aliphatic heterocycles. The summed E-state index contributed by atoms with van der Waals surface area (Å²) in [5.41, 5.74) is 0.830. The van der Waals surface area contributed by atoms with Crippen LogP contribution in [0.15, 0.2) is 53.4 Å². The van der Waals surface area contributed by atoms with Crippen LogP contribution in [0.25, 0.3) is 10.2 Å². The Morgan fingerprint density at radius 1 is 1.07 bits per heavy atom. The predicted octanol–water partition coefficient (Wildman–Crippen LogP) is 4.10. The maximum atomic E-state index is 13.0. The highest BCUT2D eigenvalue weighted by atomic mass is 35.5. The lowest BCUT2D eigenvalue weighted by Gasteiger charge is -2.21. The number of rotatable bonds is 9. The number of amides is 1. The first-order valence-corrected chi connectivity index (χ1v) is 12.4. The molecule has 0 aliphatic rings. The van der Waals surface area contributed by atoms with Crippen molar-refractivity contribution in [2.24, 2.45) is 0 Å². The molecule has 0 aliphatic carbocycles. The molecule has 9 heteroatoms. The number of halogens is 1. The molecule has 0 unspecified atom stereocenters. The molecule has 1 heterocycles. The number of para-hydroxylation sites is 1. The lowest BCUT2D eigenvalue weighted by molar-refractivity contribution is -0.118. The maximum absolute atomic E-state index is 13.0. The van der Waals surface area contributed by atoms with E-state index >= 15 is 0 Å². The Morgan fingerprint density at radius 3 is 2.43 bits per heavy atom. The molecule has 0 saturated carbocycles. The van der Waals surface area contributed by atoms with E-state index < -0.39 is 9.84 Å². The van der Waals surface area contributed by atoms with Crippen LogP contribution in [-0.4, -0.2) is 57.1 Å². The normalized spacial score (nSPS) is 11.9. The van der Waals surface area contributed by atoms with E-state index in [0.717, 1.165) is 23.2 Å². The molecule has 3 aromatic rings. The minimum atomic E-state index is -3.58.